The Balaban J connectivity index is 0.00000225. The molecular weight excluding hydrogens is 228 g/mol. The lowest BCUT2D eigenvalue weighted by molar-refractivity contribution is -0.127. The molecule has 2 atom stereocenters. The Morgan fingerprint density at radius 3 is 2.38 bits per heavy atom. The van der Waals surface area contributed by atoms with E-state index in [4.69, 9.17) is 11.5 Å². The van der Waals surface area contributed by atoms with Crippen LogP contribution >= 0.6 is 12.4 Å². The van der Waals surface area contributed by atoms with Gasteiger partial charge < -0.3 is 16.6 Å². The lowest BCUT2D eigenvalue weighted by Crippen LogP contribution is -2.44. The summed E-state index contributed by atoms with van der Waals surface area (Å²) in [7, 11) is 0. The highest BCUT2D eigenvalue weighted by molar-refractivity contribution is 5.85. The van der Waals surface area contributed by atoms with E-state index in [0.717, 1.165) is 12.0 Å². The normalized spacial score (nSPS) is 13.6. The SMILES string of the molecule is Cl.NC(=O)C(O)C(N)CCc1ccccc1. The third-order valence-corrected chi connectivity index (χ3v) is 2.31. The maximum Gasteiger partial charge on any atom is 0.247 e. The van der Waals surface area contributed by atoms with Crippen LogP contribution < -0.4 is 11.5 Å². The molecule has 0 aliphatic carbocycles. The zero-order valence-electron chi connectivity index (χ0n) is 8.87. The number of aliphatic hydroxyl groups excluding tert-OH is 1. The average molecular weight is 245 g/mol. The van der Waals surface area contributed by atoms with Gasteiger partial charge in [0.15, 0.2) is 0 Å². The van der Waals surface area contributed by atoms with Crippen molar-refractivity contribution < 1.29 is 9.90 Å². The lowest BCUT2D eigenvalue weighted by atomic mass is 10.0. The van der Waals surface area contributed by atoms with Gasteiger partial charge in [-0.2, -0.15) is 0 Å². The maximum absolute atomic E-state index is 10.6. The van der Waals surface area contributed by atoms with Gasteiger partial charge in [-0.25, -0.2) is 0 Å². The largest absolute Gasteiger partial charge is 0.382 e. The highest BCUT2D eigenvalue weighted by atomic mass is 35.5. The van der Waals surface area contributed by atoms with Gasteiger partial charge in [0, 0.05) is 6.04 Å². The Bertz CT molecular complexity index is 319. The molecule has 16 heavy (non-hydrogen) atoms. The molecule has 90 valence electrons. The molecule has 1 amide bonds. The zero-order valence-corrected chi connectivity index (χ0v) is 9.69. The van der Waals surface area contributed by atoms with Gasteiger partial charge in [0.2, 0.25) is 5.91 Å². The first-order chi connectivity index (χ1) is 7.11. The minimum Gasteiger partial charge on any atom is -0.382 e. The Labute approximate surface area is 101 Å². The molecule has 1 rings (SSSR count). The van der Waals surface area contributed by atoms with E-state index in [9.17, 15) is 9.90 Å². The minimum absolute atomic E-state index is 0. The van der Waals surface area contributed by atoms with Crippen molar-refractivity contribution in [3.05, 3.63) is 35.9 Å². The number of nitrogens with two attached hydrogens (primary N) is 2. The van der Waals surface area contributed by atoms with Crippen molar-refractivity contribution in [3.8, 4) is 0 Å². The first-order valence-corrected chi connectivity index (χ1v) is 4.88. The van der Waals surface area contributed by atoms with Crippen LogP contribution in [-0.4, -0.2) is 23.2 Å². The molecule has 0 heterocycles. The topological polar surface area (TPSA) is 89.3 Å². The third-order valence-electron chi connectivity index (χ3n) is 2.31. The van der Waals surface area contributed by atoms with E-state index < -0.39 is 18.1 Å². The number of carbonyl (C=O) groups excluding carboxylic acids is 1. The van der Waals surface area contributed by atoms with Crippen LogP contribution in [0.3, 0.4) is 0 Å². The lowest BCUT2D eigenvalue weighted by Gasteiger charge is -2.15. The number of carbonyl (C=O) groups is 1. The van der Waals surface area contributed by atoms with Crippen LogP contribution in [0.15, 0.2) is 30.3 Å². The summed E-state index contributed by atoms with van der Waals surface area (Å²) in [5.41, 5.74) is 11.7. The van der Waals surface area contributed by atoms with Gasteiger partial charge in [0.05, 0.1) is 0 Å². The number of hydrogen-bond donors (Lipinski definition) is 3. The number of rotatable bonds is 5. The third kappa shape index (κ3) is 4.61. The predicted octanol–water partition coefficient (Wildman–Crippen LogP) is 0.214. The molecule has 1 aromatic rings. The van der Waals surface area contributed by atoms with E-state index >= 15 is 0 Å². The summed E-state index contributed by atoms with van der Waals surface area (Å²) >= 11 is 0. The smallest absolute Gasteiger partial charge is 0.247 e. The van der Waals surface area contributed by atoms with Crippen molar-refractivity contribution in [2.24, 2.45) is 11.5 Å². The van der Waals surface area contributed by atoms with E-state index in [-0.39, 0.29) is 12.4 Å². The maximum atomic E-state index is 10.6. The summed E-state index contributed by atoms with van der Waals surface area (Å²) in [6, 6.07) is 9.16. The quantitative estimate of drug-likeness (QED) is 0.692. The van der Waals surface area contributed by atoms with E-state index in [2.05, 4.69) is 0 Å². The van der Waals surface area contributed by atoms with Crippen LogP contribution in [0.1, 0.15) is 12.0 Å². The molecule has 0 saturated heterocycles. The van der Waals surface area contributed by atoms with Crippen LogP contribution in [0.4, 0.5) is 0 Å². The van der Waals surface area contributed by atoms with Crippen molar-refractivity contribution in [2.75, 3.05) is 0 Å². The molecular formula is C11H17ClN2O2. The number of benzene rings is 1. The molecule has 5 N–H and O–H groups in total. The summed E-state index contributed by atoms with van der Waals surface area (Å²) < 4.78 is 0. The number of aliphatic hydroxyl groups is 1. The van der Waals surface area contributed by atoms with Gasteiger partial charge in [-0.1, -0.05) is 30.3 Å². The van der Waals surface area contributed by atoms with Crippen molar-refractivity contribution in [3.63, 3.8) is 0 Å². The highest BCUT2D eigenvalue weighted by Crippen LogP contribution is 2.05. The van der Waals surface area contributed by atoms with E-state index in [1.807, 2.05) is 30.3 Å². The number of hydrogen-bond acceptors (Lipinski definition) is 3. The van der Waals surface area contributed by atoms with Crippen molar-refractivity contribution in [2.45, 2.75) is 25.0 Å². The fraction of sp³-hybridized carbons (Fsp3) is 0.364. The summed E-state index contributed by atoms with van der Waals surface area (Å²) in [5.74, 6) is -0.768. The van der Waals surface area contributed by atoms with Crippen LogP contribution in [0.2, 0.25) is 0 Å². The van der Waals surface area contributed by atoms with Crippen LogP contribution in [-0.2, 0) is 11.2 Å². The second-order valence-electron chi connectivity index (χ2n) is 3.54. The fourth-order valence-electron chi connectivity index (χ4n) is 1.35. The molecule has 0 bridgehead atoms. The molecule has 0 aliphatic rings. The zero-order chi connectivity index (χ0) is 11.3. The first kappa shape index (κ1) is 14.9. The molecule has 5 heteroatoms. The molecule has 0 aromatic heterocycles. The number of amides is 1. The van der Waals surface area contributed by atoms with E-state index in [1.165, 1.54) is 0 Å². The van der Waals surface area contributed by atoms with Crippen LogP contribution in [0.5, 0.6) is 0 Å². The Morgan fingerprint density at radius 1 is 1.31 bits per heavy atom. The Kier molecular flexibility index (Phi) is 6.72. The molecule has 0 saturated carbocycles. The second kappa shape index (κ2) is 7.22. The minimum atomic E-state index is -1.26. The molecule has 4 nitrogen and oxygen atoms in total. The summed E-state index contributed by atoms with van der Waals surface area (Å²) in [4.78, 5) is 10.6. The number of primary amides is 1. The second-order valence-corrected chi connectivity index (χ2v) is 3.54. The van der Waals surface area contributed by atoms with Gasteiger partial charge >= 0.3 is 0 Å². The van der Waals surface area contributed by atoms with E-state index in [1.54, 1.807) is 0 Å². The monoisotopic (exact) mass is 244 g/mol. The molecule has 0 spiro atoms. The standard InChI is InChI=1S/C11H16N2O2.ClH/c12-9(10(14)11(13)15)7-6-8-4-2-1-3-5-8;/h1-5,9-10,14H,6-7,12H2,(H2,13,15);1H. The number of halogens is 1. The summed E-state index contributed by atoms with van der Waals surface area (Å²) in [6.45, 7) is 0. The summed E-state index contributed by atoms with van der Waals surface area (Å²) in [5, 5.41) is 9.27. The van der Waals surface area contributed by atoms with Gasteiger partial charge in [-0.05, 0) is 18.4 Å². The van der Waals surface area contributed by atoms with E-state index in [0.29, 0.717) is 6.42 Å². The fourth-order valence-corrected chi connectivity index (χ4v) is 1.35. The molecule has 0 radical (unpaired) electrons. The van der Waals surface area contributed by atoms with Gasteiger partial charge in [-0.15, -0.1) is 12.4 Å². The molecule has 0 fully saturated rings. The Morgan fingerprint density at radius 2 is 1.88 bits per heavy atom. The molecule has 1 aromatic carbocycles. The predicted molar refractivity (Wildman–Crippen MR) is 65.2 cm³/mol. The van der Waals surface area contributed by atoms with Gasteiger partial charge in [0.1, 0.15) is 6.10 Å². The number of aryl methyl sites for hydroxylation is 1. The van der Waals surface area contributed by atoms with Crippen molar-refractivity contribution in [1.29, 1.82) is 0 Å². The van der Waals surface area contributed by atoms with Gasteiger partial charge in [-0.3, -0.25) is 4.79 Å². The average Bonchev–Trinajstić information content (AvgIpc) is 2.26. The van der Waals surface area contributed by atoms with Crippen molar-refractivity contribution in [1.82, 2.24) is 0 Å². The van der Waals surface area contributed by atoms with Crippen LogP contribution in [0, 0.1) is 0 Å². The molecule has 2 unspecified atom stereocenters. The summed E-state index contributed by atoms with van der Waals surface area (Å²) in [6.07, 6.45) is 0.00853. The van der Waals surface area contributed by atoms with Crippen LogP contribution in [0.25, 0.3) is 0 Å². The van der Waals surface area contributed by atoms with Crippen molar-refractivity contribution >= 4 is 18.3 Å². The van der Waals surface area contributed by atoms with Gasteiger partial charge in [0.25, 0.3) is 0 Å². The first-order valence-electron chi connectivity index (χ1n) is 4.88. The molecule has 0 aliphatic heterocycles. The highest BCUT2D eigenvalue weighted by Gasteiger charge is 2.19. The Hall–Kier alpha value is -1.10.